The number of anilines is 2. The summed E-state index contributed by atoms with van der Waals surface area (Å²) < 4.78 is 30.5. The van der Waals surface area contributed by atoms with E-state index in [-0.39, 0.29) is 61.3 Å². The summed E-state index contributed by atoms with van der Waals surface area (Å²) in [7, 11) is 0. The molecule has 4 aromatic rings. The standard InChI is InChI=1S/C31H32F2N6O2.2ClH/c1-17-4-6-20(12-25(17)32)24(21-7-5-18(2)26(33)13-21)16-36-29-31(41)39-23(15-35-29)9-10-27(39)30(40)37-14-22-8-11-28(34)38-19(22)3;;/h4-8,11-13,15,24,27H,9-10,14,16H2,1-3H3,(H2,34,38)(H,35,36)(H,37,40);2*1H/t27-;;/m0../s1. The fourth-order valence-electron chi connectivity index (χ4n) is 5.19. The summed E-state index contributed by atoms with van der Waals surface area (Å²) in [5, 5.41) is 6.01. The summed E-state index contributed by atoms with van der Waals surface area (Å²) in [6.45, 7) is 5.59. The molecule has 2 aromatic heterocycles. The second-order valence-electron chi connectivity index (χ2n) is 10.5. The van der Waals surface area contributed by atoms with Crippen molar-refractivity contribution in [2.45, 2.75) is 52.1 Å². The molecule has 1 aliphatic heterocycles. The Balaban J connectivity index is 0.00000253. The molecule has 3 heterocycles. The van der Waals surface area contributed by atoms with Crippen molar-refractivity contribution in [3.8, 4) is 0 Å². The topological polar surface area (TPSA) is 115 Å². The van der Waals surface area contributed by atoms with Gasteiger partial charge in [-0.1, -0.05) is 30.3 Å². The van der Waals surface area contributed by atoms with Crippen molar-refractivity contribution in [2.24, 2.45) is 0 Å². The quantitative estimate of drug-likeness (QED) is 0.243. The minimum Gasteiger partial charge on any atom is -0.384 e. The van der Waals surface area contributed by atoms with Crippen LogP contribution in [0, 0.1) is 32.4 Å². The lowest BCUT2D eigenvalue weighted by Crippen LogP contribution is -2.36. The number of hydrogen-bond acceptors (Lipinski definition) is 6. The van der Waals surface area contributed by atoms with E-state index in [1.54, 1.807) is 50.4 Å². The van der Waals surface area contributed by atoms with Gasteiger partial charge in [0.25, 0.3) is 5.56 Å². The summed E-state index contributed by atoms with van der Waals surface area (Å²) in [5.41, 5.74) is 9.80. The molecule has 0 unspecified atom stereocenters. The van der Waals surface area contributed by atoms with E-state index in [4.69, 9.17) is 5.73 Å². The molecule has 0 bridgehead atoms. The third kappa shape index (κ3) is 7.14. The van der Waals surface area contributed by atoms with Crippen LogP contribution in [0.4, 0.5) is 20.4 Å². The average Bonchev–Trinajstić information content (AvgIpc) is 3.38. The van der Waals surface area contributed by atoms with Crippen molar-refractivity contribution in [1.29, 1.82) is 0 Å². The normalized spacial score (nSPS) is 13.6. The number of aromatic nitrogens is 3. The van der Waals surface area contributed by atoms with Gasteiger partial charge in [-0.05, 0) is 79.6 Å². The summed E-state index contributed by atoms with van der Waals surface area (Å²) in [6, 6.07) is 12.6. The number of hydrogen-bond donors (Lipinski definition) is 3. The number of halogens is 4. The molecule has 1 amide bonds. The zero-order valence-electron chi connectivity index (χ0n) is 24.0. The maximum Gasteiger partial charge on any atom is 0.294 e. The van der Waals surface area contributed by atoms with E-state index < -0.39 is 17.5 Å². The summed E-state index contributed by atoms with van der Waals surface area (Å²) in [4.78, 5) is 35.2. The molecule has 1 aliphatic rings. The highest BCUT2D eigenvalue weighted by Crippen LogP contribution is 2.29. The smallest absolute Gasteiger partial charge is 0.294 e. The number of carbonyl (C=O) groups is 1. The second kappa shape index (κ2) is 14.0. The van der Waals surface area contributed by atoms with Gasteiger partial charge >= 0.3 is 0 Å². The first kappa shape index (κ1) is 33.5. The number of pyridine rings is 1. The summed E-state index contributed by atoms with van der Waals surface area (Å²) >= 11 is 0. The minimum absolute atomic E-state index is 0. The van der Waals surface area contributed by atoms with E-state index in [1.807, 2.05) is 13.0 Å². The number of nitrogens with one attached hydrogen (secondary N) is 2. The molecule has 0 saturated heterocycles. The van der Waals surface area contributed by atoms with Gasteiger partial charge in [0.05, 0.1) is 0 Å². The molecule has 2 aromatic carbocycles. The van der Waals surface area contributed by atoms with Crippen LogP contribution in [-0.4, -0.2) is 27.0 Å². The van der Waals surface area contributed by atoms with Crippen molar-refractivity contribution < 1.29 is 13.6 Å². The first-order chi connectivity index (χ1) is 19.6. The van der Waals surface area contributed by atoms with Crippen LogP contribution in [-0.2, 0) is 17.8 Å². The number of amides is 1. The summed E-state index contributed by atoms with van der Waals surface area (Å²) in [6.07, 6.45) is 2.60. The molecule has 5 rings (SSSR count). The van der Waals surface area contributed by atoms with Crippen molar-refractivity contribution in [3.05, 3.63) is 116 Å². The van der Waals surface area contributed by atoms with Crippen LogP contribution >= 0.6 is 24.8 Å². The summed E-state index contributed by atoms with van der Waals surface area (Å²) in [5.74, 6) is -0.997. The lowest BCUT2D eigenvalue weighted by Gasteiger charge is -2.21. The zero-order valence-corrected chi connectivity index (χ0v) is 25.6. The molecule has 0 saturated carbocycles. The first-order valence-corrected chi connectivity index (χ1v) is 13.5. The van der Waals surface area contributed by atoms with Gasteiger partial charge in [-0.3, -0.25) is 14.2 Å². The lowest BCUT2D eigenvalue weighted by molar-refractivity contribution is -0.124. The van der Waals surface area contributed by atoms with Gasteiger partial charge in [0.2, 0.25) is 5.91 Å². The first-order valence-electron chi connectivity index (χ1n) is 13.5. The number of fused-ring (bicyclic) bond motifs is 1. The molecule has 12 heteroatoms. The zero-order chi connectivity index (χ0) is 29.3. The Bertz CT molecular complexity index is 1650. The van der Waals surface area contributed by atoms with Crippen LogP contribution in [0.5, 0.6) is 0 Å². The van der Waals surface area contributed by atoms with Gasteiger partial charge < -0.3 is 16.4 Å². The number of nitrogen functional groups attached to an aromatic ring is 1. The Morgan fingerprint density at radius 1 is 1.02 bits per heavy atom. The van der Waals surface area contributed by atoms with Gasteiger partial charge in [-0.25, -0.2) is 18.7 Å². The Hall–Kier alpha value is -4.02. The number of rotatable bonds is 8. The molecule has 8 nitrogen and oxygen atoms in total. The van der Waals surface area contributed by atoms with E-state index in [9.17, 15) is 18.4 Å². The number of benzene rings is 2. The number of nitrogens with two attached hydrogens (primary N) is 1. The highest BCUT2D eigenvalue weighted by molar-refractivity contribution is 5.85. The third-order valence-electron chi connectivity index (χ3n) is 7.70. The predicted octanol–water partition coefficient (Wildman–Crippen LogP) is 5.32. The molecule has 4 N–H and O–H groups in total. The second-order valence-corrected chi connectivity index (χ2v) is 10.5. The number of carbonyl (C=O) groups excluding carboxylic acids is 1. The highest BCUT2D eigenvalue weighted by atomic mass is 35.5. The van der Waals surface area contributed by atoms with Gasteiger partial charge in [-0.2, -0.15) is 0 Å². The number of aryl methyl sites for hydroxylation is 4. The van der Waals surface area contributed by atoms with Crippen molar-refractivity contribution in [2.75, 3.05) is 17.6 Å². The van der Waals surface area contributed by atoms with Gasteiger partial charge in [0, 0.05) is 36.6 Å². The fraction of sp³-hybridized carbons (Fsp3) is 0.290. The Labute approximate surface area is 261 Å². The van der Waals surface area contributed by atoms with Gasteiger partial charge in [-0.15, -0.1) is 24.8 Å². The molecule has 0 radical (unpaired) electrons. The Morgan fingerprint density at radius 3 is 2.23 bits per heavy atom. The molecular weight excluding hydrogens is 597 g/mol. The van der Waals surface area contributed by atoms with E-state index >= 15 is 0 Å². The fourth-order valence-corrected chi connectivity index (χ4v) is 5.19. The molecule has 43 heavy (non-hydrogen) atoms. The largest absolute Gasteiger partial charge is 0.384 e. The molecule has 0 spiro atoms. The highest BCUT2D eigenvalue weighted by Gasteiger charge is 2.31. The maximum atomic E-state index is 14.5. The molecule has 1 atom stereocenters. The van der Waals surface area contributed by atoms with Crippen molar-refractivity contribution in [1.82, 2.24) is 19.9 Å². The molecule has 0 fully saturated rings. The lowest BCUT2D eigenvalue weighted by atomic mass is 9.90. The maximum absolute atomic E-state index is 14.5. The monoisotopic (exact) mass is 630 g/mol. The molecular formula is C31H34Cl2F2N6O2. The van der Waals surface area contributed by atoms with E-state index in [0.29, 0.717) is 46.6 Å². The van der Waals surface area contributed by atoms with Gasteiger partial charge in [0.1, 0.15) is 23.5 Å². The predicted molar refractivity (Wildman–Crippen MR) is 168 cm³/mol. The van der Waals surface area contributed by atoms with Gasteiger partial charge in [0.15, 0.2) is 5.82 Å². The van der Waals surface area contributed by atoms with Crippen LogP contribution in [0.1, 0.15) is 57.6 Å². The Kier molecular flexibility index (Phi) is 10.9. The third-order valence-corrected chi connectivity index (χ3v) is 7.70. The van der Waals surface area contributed by atoms with Crippen LogP contribution in [0.25, 0.3) is 0 Å². The van der Waals surface area contributed by atoms with Crippen LogP contribution < -0.4 is 21.9 Å². The van der Waals surface area contributed by atoms with Crippen LogP contribution in [0.2, 0.25) is 0 Å². The Morgan fingerprint density at radius 2 is 1.65 bits per heavy atom. The minimum atomic E-state index is -0.684. The number of nitrogens with zero attached hydrogens (tertiary/aromatic N) is 3. The van der Waals surface area contributed by atoms with E-state index in [2.05, 4.69) is 20.6 Å². The molecule has 0 aliphatic carbocycles. The van der Waals surface area contributed by atoms with Crippen molar-refractivity contribution in [3.63, 3.8) is 0 Å². The van der Waals surface area contributed by atoms with Crippen LogP contribution in [0.3, 0.4) is 0 Å². The van der Waals surface area contributed by atoms with E-state index in [0.717, 1.165) is 11.3 Å². The molecule has 228 valence electrons. The SMILES string of the molecule is Cc1ccc(C(CNc2ncc3n(c2=O)[C@H](C(=O)NCc2ccc(N)nc2C)CC3)c2ccc(C)c(F)c2)cc1F.Cl.Cl. The van der Waals surface area contributed by atoms with Crippen molar-refractivity contribution >= 4 is 42.4 Å². The van der Waals surface area contributed by atoms with Crippen LogP contribution in [0.15, 0.2) is 59.5 Å². The van der Waals surface area contributed by atoms with E-state index in [1.165, 1.54) is 16.7 Å². The average molecular weight is 632 g/mol.